The Kier molecular flexibility index (Phi) is 8.01. The molecule has 0 fully saturated rings. The van der Waals surface area contributed by atoms with Crippen molar-refractivity contribution in [2.24, 2.45) is 0 Å². The molecular weight excluding hydrogens is 368 g/mol. The molecule has 26 heavy (non-hydrogen) atoms. The van der Waals surface area contributed by atoms with Crippen LogP contribution in [0.3, 0.4) is 0 Å². The van der Waals surface area contributed by atoms with Gasteiger partial charge in [0, 0.05) is 35.1 Å². The number of benzene rings is 2. The Morgan fingerprint density at radius 1 is 1.04 bits per heavy atom. The normalized spacial score (nSPS) is 10.4. The third-order valence-corrected chi connectivity index (χ3v) is 5.26. The second-order valence-corrected chi connectivity index (χ2v) is 7.08. The lowest BCUT2D eigenvalue weighted by molar-refractivity contribution is -0.113. The van der Waals surface area contributed by atoms with E-state index in [9.17, 15) is 9.59 Å². The second kappa shape index (κ2) is 10.2. The summed E-state index contributed by atoms with van der Waals surface area (Å²) >= 11 is 7.62. The fraction of sp³-hybridized carbons (Fsp3) is 0.300. The number of nitrogens with zero attached hydrogens (tertiary/aromatic N) is 1. The van der Waals surface area contributed by atoms with Gasteiger partial charge in [-0.2, -0.15) is 0 Å². The number of rotatable bonds is 8. The molecule has 1 N–H and O–H groups in total. The molecule has 0 aliphatic heterocycles. The van der Waals surface area contributed by atoms with Crippen LogP contribution in [0.4, 0.5) is 5.69 Å². The van der Waals surface area contributed by atoms with Crippen LogP contribution in [0.25, 0.3) is 0 Å². The monoisotopic (exact) mass is 390 g/mol. The van der Waals surface area contributed by atoms with Gasteiger partial charge in [0.25, 0.3) is 5.91 Å². The highest BCUT2D eigenvalue weighted by Crippen LogP contribution is 2.21. The van der Waals surface area contributed by atoms with Crippen molar-refractivity contribution in [3.8, 4) is 0 Å². The maximum atomic E-state index is 12.3. The Balaban J connectivity index is 1.83. The summed E-state index contributed by atoms with van der Waals surface area (Å²) in [6.07, 6.45) is 0. The molecule has 2 rings (SSSR count). The Bertz CT molecular complexity index is 746. The van der Waals surface area contributed by atoms with E-state index in [1.165, 1.54) is 11.8 Å². The van der Waals surface area contributed by atoms with Crippen LogP contribution in [0.1, 0.15) is 29.8 Å². The molecule has 0 saturated carbocycles. The maximum absolute atomic E-state index is 12.3. The highest BCUT2D eigenvalue weighted by Gasteiger charge is 2.12. The lowest BCUT2D eigenvalue weighted by atomic mass is 10.2. The Morgan fingerprint density at radius 3 is 2.31 bits per heavy atom. The number of carbonyl (C=O) groups excluding carboxylic acids is 2. The zero-order valence-corrected chi connectivity index (χ0v) is 16.6. The quantitative estimate of drug-likeness (QED) is 0.711. The van der Waals surface area contributed by atoms with E-state index in [0.29, 0.717) is 40.9 Å². The van der Waals surface area contributed by atoms with Gasteiger partial charge in [-0.05, 0) is 49.7 Å². The van der Waals surface area contributed by atoms with Crippen LogP contribution in [0, 0.1) is 0 Å². The molecular formula is C20H23ClN2O2S. The van der Waals surface area contributed by atoms with Crippen LogP contribution in [-0.4, -0.2) is 35.6 Å². The number of carbonyl (C=O) groups is 2. The van der Waals surface area contributed by atoms with Crippen molar-refractivity contribution in [3.63, 3.8) is 0 Å². The van der Waals surface area contributed by atoms with Crippen LogP contribution in [-0.2, 0) is 10.5 Å². The van der Waals surface area contributed by atoms with E-state index < -0.39 is 0 Å². The van der Waals surface area contributed by atoms with E-state index in [1.54, 1.807) is 29.2 Å². The summed E-state index contributed by atoms with van der Waals surface area (Å²) < 4.78 is 0. The van der Waals surface area contributed by atoms with E-state index >= 15 is 0 Å². The molecule has 0 radical (unpaired) electrons. The average molecular weight is 391 g/mol. The van der Waals surface area contributed by atoms with E-state index in [4.69, 9.17) is 11.6 Å². The first-order chi connectivity index (χ1) is 12.5. The van der Waals surface area contributed by atoms with Gasteiger partial charge in [-0.15, -0.1) is 11.8 Å². The van der Waals surface area contributed by atoms with Crippen molar-refractivity contribution in [1.82, 2.24) is 4.90 Å². The number of halogens is 1. The van der Waals surface area contributed by atoms with Gasteiger partial charge in [0.2, 0.25) is 5.91 Å². The third-order valence-electron chi connectivity index (χ3n) is 3.91. The molecule has 4 nitrogen and oxygen atoms in total. The molecule has 0 bridgehead atoms. The summed E-state index contributed by atoms with van der Waals surface area (Å²) in [6, 6.07) is 14.6. The van der Waals surface area contributed by atoms with E-state index in [1.807, 2.05) is 38.1 Å². The number of amides is 2. The van der Waals surface area contributed by atoms with Gasteiger partial charge in [0.05, 0.1) is 5.75 Å². The molecule has 2 aromatic rings. The van der Waals surface area contributed by atoms with Crippen molar-refractivity contribution >= 4 is 40.9 Å². The summed E-state index contributed by atoms with van der Waals surface area (Å²) in [5.74, 6) is 0.948. The molecule has 0 aromatic heterocycles. The second-order valence-electron chi connectivity index (χ2n) is 5.69. The molecule has 0 aliphatic rings. The molecule has 0 heterocycles. The average Bonchev–Trinajstić information content (AvgIpc) is 2.65. The van der Waals surface area contributed by atoms with Crippen LogP contribution in [0.2, 0.25) is 5.02 Å². The van der Waals surface area contributed by atoms with E-state index in [-0.39, 0.29) is 11.8 Å². The van der Waals surface area contributed by atoms with Gasteiger partial charge in [-0.1, -0.05) is 29.8 Å². The summed E-state index contributed by atoms with van der Waals surface area (Å²) in [6.45, 7) is 5.26. The van der Waals surface area contributed by atoms with Gasteiger partial charge >= 0.3 is 0 Å². The van der Waals surface area contributed by atoms with E-state index in [0.717, 1.165) is 5.56 Å². The number of anilines is 1. The van der Waals surface area contributed by atoms with Crippen LogP contribution in [0.15, 0.2) is 48.5 Å². The number of thioether (sulfide) groups is 1. The van der Waals surface area contributed by atoms with Crippen molar-refractivity contribution in [3.05, 3.63) is 64.7 Å². The molecule has 0 spiro atoms. The molecule has 0 saturated heterocycles. The van der Waals surface area contributed by atoms with Gasteiger partial charge in [-0.25, -0.2) is 0 Å². The Hall–Kier alpha value is -1.98. The van der Waals surface area contributed by atoms with Crippen molar-refractivity contribution in [2.45, 2.75) is 19.6 Å². The van der Waals surface area contributed by atoms with Gasteiger partial charge in [0.15, 0.2) is 0 Å². The van der Waals surface area contributed by atoms with Gasteiger partial charge < -0.3 is 10.2 Å². The minimum atomic E-state index is -0.0788. The molecule has 0 unspecified atom stereocenters. The lowest BCUT2D eigenvalue weighted by Gasteiger charge is -2.18. The Morgan fingerprint density at radius 2 is 1.69 bits per heavy atom. The van der Waals surface area contributed by atoms with E-state index in [2.05, 4.69) is 5.32 Å². The van der Waals surface area contributed by atoms with Crippen molar-refractivity contribution < 1.29 is 9.59 Å². The number of hydrogen-bond acceptors (Lipinski definition) is 3. The van der Waals surface area contributed by atoms with Gasteiger partial charge in [-0.3, -0.25) is 9.59 Å². The SMILES string of the molecule is CCN(CC)C(=O)c1ccc(NC(=O)CSCc2ccccc2Cl)cc1. The summed E-state index contributed by atoms with van der Waals surface area (Å²) in [5.41, 5.74) is 2.33. The van der Waals surface area contributed by atoms with Crippen LogP contribution in [0.5, 0.6) is 0 Å². The first-order valence-corrected chi connectivity index (χ1v) is 10.1. The van der Waals surface area contributed by atoms with Crippen LogP contribution < -0.4 is 5.32 Å². The van der Waals surface area contributed by atoms with Crippen molar-refractivity contribution in [2.75, 3.05) is 24.2 Å². The predicted molar refractivity (Wildman–Crippen MR) is 110 cm³/mol. The first-order valence-electron chi connectivity index (χ1n) is 8.55. The third kappa shape index (κ3) is 5.78. The molecule has 0 aliphatic carbocycles. The number of hydrogen-bond donors (Lipinski definition) is 1. The number of nitrogens with one attached hydrogen (secondary N) is 1. The van der Waals surface area contributed by atoms with Gasteiger partial charge in [0.1, 0.15) is 0 Å². The molecule has 2 amide bonds. The van der Waals surface area contributed by atoms with Crippen molar-refractivity contribution in [1.29, 1.82) is 0 Å². The standard InChI is InChI=1S/C20H23ClN2O2S/c1-3-23(4-2)20(25)15-9-11-17(12-10-15)22-19(24)14-26-13-16-7-5-6-8-18(16)21/h5-12H,3-4,13-14H2,1-2H3,(H,22,24). The maximum Gasteiger partial charge on any atom is 0.253 e. The Labute approximate surface area is 163 Å². The smallest absolute Gasteiger partial charge is 0.253 e. The zero-order chi connectivity index (χ0) is 18.9. The predicted octanol–water partition coefficient (Wildman–Crippen LogP) is 4.69. The fourth-order valence-electron chi connectivity index (χ4n) is 2.46. The first kappa shape index (κ1) is 20.3. The summed E-state index contributed by atoms with van der Waals surface area (Å²) in [4.78, 5) is 26.1. The fourth-order valence-corrected chi connectivity index (χ4v) is 3.57. The zero-order valence-electron chi connectivity index (χ0n) is 15.0. The molecule has 138 valence electrons. The molecule has 6 heteroatoms. The topological polar surface area (TPSA) is 49.4 Å². The summed E-state index contributed by atoms with van der Waals surface area (Å²) in [7, 11) is 0. The summed E-state index contributed by atoms with van der Waals surface area (Å²) in [5, 5.41) is 3.57. The minimum Gasteiger partial charge on any atom is -0.339 e. The largest absolute Gasteiger partial charge is 0.339 e. The molecule has 2 aromatic carbocycles. The lowest BCUT2D eigenvalue weighted by Crippen LogP contribution is -2.30. The van der Waals surface area contributed by atoms with Crippen LogP contribution >= 0.6 is 23.4 Å². The molecule has 0 atom stereocenters. The highest BCUT2D eigenvalue weighted by atomic mass is 35.5. The minimum absolute atomic E-state index is 0.00294. The highest BCUT2D eigenvalue weighted by molar-refractivity contribution is 7.99.